The largest absolute Gasteiger partial charge is 0.369 e. The summed E-state index contributed by atoms with van der Waals surface area (Å²) in [6.07, 6.45) is 3.82. The van der Waals surface area contributed by atoms with E-state index in [-0.39, 0.29) is 0 Å². The fraction of sp³-hybridized carbons (Fsp3) is 0.389. The van der Waals surface area contributed by atoms with Gasteiger partial charge in [0, 0.05) is 57.9 Å². The minimum atomic E-state index is 0.968. The average Bonchev–Trinajstić information content (AvgIpc) is 2.97. The number of benzene rings is 1. The fourth-order valence-electron chi connectivity index (χ4n) is 3.41. The summed E-state index contributed by atoms with van der Waals surface area (Å²) in [6, 6.07) is 8.57. The standard InChI is InChI=1S/C18H22N6/c1-14-12-19-6-5-17(14)24-9-7-23(8-10-24)13-15-3-4-18-16(11-15)20-21-22(18)2/h3-6,11-12H,7-10,13H2,1-2H3. The molecule has 0 saturated carbocycles. The zero-order valence-corrected chi connectivity index (χ0v) is 14.2. The highest BCUT2D eigenvalue weighted by Gasteiger charge is 2.18. The Morgan fingerprint density at radius 2 is 1.92 bits per heavy atom. The number of aromatic nitrogens is 4. The van der Waals surface area contributed by atoms with Gasteiger partial charge in [-0.15, -0.1) is 5.10 Å². The van der Waals surface area contributed by atoms with Crippen LogP contribution in [-0.4, -0.2) is 51.1 Å². The lowest BCUT2D eigenvalue weighted by Crippen LogP contribution is -2.46. The maximum Gasteiger partial charge on any atom is 0.113 e. The van der Waals surface area contributed by atoms with E-state index in [1.54, 1.807) is 0 Å². The van der Waals surface area contributed by atoms with E-state index in [2.05, 4.69) is 56.3 Å². The van der Waals surface area contributed by atoms with Crippen molar-refractivity contribution in [1.29, 1.82) is 0 Å². The van der Waals surface area contributed by atoms with E-state index in [9.17, 15) is 0 Å². The molecule has 0 spiro atoms. The van der Waals surface area contributed by atoms with Gasteiger partial charge in [-0.25, -0.2) is 4.68 Å². The highest BCUT2D eigenvalue weighted by Crippen LogP contribution is 2.21. The Hall–Kier alpha value is -2.47. The Morgan fingerprint density at radius 3 is 2.71 bits per heavy atom. The summed E-state index contributed by atoms with van der Waals surface area (Å²) in [5, 5.41) is 8.29. The molecule has 6 nitrogen and oxygen atoms in total. The summed E-state index contributed by atoms with van der Waals surface area (Å²) >= 11 is 0. The molecule has 1 aromatic carbocycles. The number of nitrogens with zero attached hydrogens (tertiary/aromatic N) is 6. The van der Waals surface area contributed by atoms with E-state index >= 15 is 0 Å². The topological polar surface area (TPSA) is 50.1 Å². The van der Waals surface area contributed by atoms with Gasteiger partial charge >= 0.3 is 0 Å². The van der Waals surface area contributed by atoms with Crippen LogP contribution in [0.1, 0.15) is 11.1 Å². The smallest absolute Gasteiger partial charge is 0.113 e. The van der Waals surface area contributed by atoms with Crippen molar-refractivity contribution in [3.05, 3.63) is 47.8 Å². The second-order valence-electron chi connectivity index (χ2n) is 6.46. The molecule has 3 heterocycles. The maximum atomic E-state index is 4.21. The van der Waals surface area contributed by atoms with Crippen LogP contribution >= 0.6 is 0 Å². The van der Waals surface area contributed by atoms with Crippen LogP contribution < -0.4 is 4.90 Å². The zero-order chi connectivity index (χ0) is 16.5. The van der Waals surface area contributed by atoms with Gasteiger partial charge in [-0.2, -0.15) is 0 Å². The van der Waals surface area contributed by atoms with Crippen LogP contribution in [0.4, 0.5) is 5.69 Å². The number of piperazine rings is 1. The molecule has 0 radical (unpaired) electrons. The number of hydrogen-bond acceptors (Lipinski definition) is 5. The predicted octanol–water partition coefficient (Wildman–Crippen LogP) is 1.99. The molecule has 1 aliphatic rings. The molecule has 124 valence electrons. The van der Waals surface area contributed by atoms with E-state index < -0.39 is 0 Å². The Labute approximate surface area is 141 Å². The molecule has 0 N–H and O–H groups in total. The Balaban J connectivity index is 1.41. The predicted molar refractivity (Wildman–Crippen MR) is 95.0 cm³/mol. The van der Waals surface area contributed by atoms with E-state index in [0.29, 0.717) is 0 Å². The Bertz CT molecular complexity index is 848. The lowest BCUT2D eigenvalue weighted by molar-refractivity contribution is 0.250. The summed E-state index contributed by atoms with van der Waals surface area (Å²) in [5.41, 5.74) is 5.92. The third-order valence-corrected chi connectivity index (χ3v) is 4.78. The number of pyridine rings is 1. The van der Waals surface area contributed by atoms with Crippen molar-refractivity contribution in [2.45, 2.75) is 13.5 Å². The van der Waals surface area contributed by atoms with Crippen molar-refractivity contribution in [1.82, 2.24) is 24.9 Å². The fourth-order valence-corrected chi connectivity index (χ4v) is 3.41. The van der Waals surface area contributed by atoms with Crippen molar-refractivity contribution in [3.8, 4) is 0 Å². The van der Waals surface area contributed by atoms with Gasteiger partial charge in [-0.3, -0.25) is 9.88 Å². The van der Waals surface area contributed by atoms with Crippen molar-refractivity contribution in [2.24, 2.45) is 7.05 Å². The zero-order valence-electron chi connectivity index (χ0n) is 14.2. The highest BCUT2D eigenvalue weighted by molar-refractivity contribution is 5.74. The number of rotatable bonds is 3. The third kappa shape index (κ3) is 2.85. The molecule has 0 bridgehead atoms. The SMILES string of the molecule is Cc1cnccc1N1CCN(Cc2ccc3c(c2)nnn3C)CC1. The molecule has 0 unspecified atom stereocenters. The van der Waals surface area contributed by atoms with E-state index in [1.807, 2.05) is 24.1 Å². The first-order valence-electron chi connectivity index (χ1n) is 8.37. The quantitative estimate of drug-likeness (QED) is 0.738. The highest BCUT2D eigenvalue weighted by atomic mass is 15.4. The van der Waals surface area contributed by atoms with Crippen LogP contribution in [0.25, 0.3) is 11.0 Å². The van der Waals surface area contributed by atoms with Gasteiger partial charge in [0.1, 0.15) is 5.52 Å². The van der Waals surface area contributed by atoms with E-state index in [4.69, 9.17) is 0 Å². The number of fused-ring (bicyclic) bond motifs is 1. The number of anilines is 1. The second kappa shape index (κ2) is 6.20. The van der Waals surface area contributed by atoms with Gasteiger partial charge in [0.25, 0.3) is 0 Å². The van der Waals surface area contributed by atoms with E-state index in [1.165, 1.54) is 16.8 Å². The lowest BCUT2D eigenvalue weighted by atomic mass is 10.1. The Morgan fingerprint density at radius 1 is 1.08 bits per heavy atom. The molecule has 1 fully saturated rings. The second-order valence-corrected chi connectivity index (χ2v) is 6.46. The average molecular weight is 322 g/mol. The van der Waals surface area contributed by atoms with Crippen molar-refractivity contribution in [2.75, 3.05) is 31.1 Å². The molecular weight excluding hydrogens is 300 g/mol. The van der Waals surface area contributed by atoms with Crippen LogP contribution in [0.15, 0.2) is 36.7 Å². The molecule has 24 heavy (non-hydrogen) atoms. The van der Waals surface area contributed by atoms with Crippen LogP contribution in [-0.2, 0) is 13.6 Å². The molecule has 0 amide bonds. The van der Waals surface area contributed by atoms with Crippen LogP contribution in [0, 0.1) is 6.92 Å². The molecule has 4 rings (SSSR count). The molecule has 0 atom stereocenters. The molecule has 0 aliphatic carbocycles. The van der Waals surface area contributed by atoms with E-state index in [0.717, 1.165) is 43.8 Å². The summed E-state index contributed by atoms with van der Waals surface area (Å²) in [4.78, 5) is 9.15. The first-order chi connectivity index (χ1) is 11.7. The molecule has 6 heteroatoms. The Kier molecular flexibility index (Phi) is 3.90. The van der Waals surface area contributed by atoms with Crippen molar-refractivity contribution >= 4 is 16.7 Å². The molecule has 1 aliphatic heterocycles. The first-order valence-corrected chi connectivity index (χ1v) is 8.37. The summed E-state index contributed by atoms with van der Waals surface area (Å²) < 4.78 is 1.81. The monoisotopic (exact) mass is 322 g/mol. The molecule has 1 saturated heterocycles. The summed E-state index contributed by atoms with van der Waals surface area (Å²) in [6.45, 7) is 7.34. The summed E-state index contributed by atoms with van der Waals surface area (Å²) in [5.74, 6) is 0. The van der Waals surface area contributed by atoms with Crippen LogP contribution in [0.2, 0.25) is 0 Å². The van der Waals surface area contributed by atoms with Crippen LogP contribution in [0.3, 0.4) is 0 Å². The minimum Gasteiger partial charge on any atom is -0.369 e. The number of hydrogen-bond donors (Lipinski definition) is 0. The third-order valence-electron chi connectivity index (χ3n) is 4.78. The van der Waals surface area contributed by atoms with Crippen molar-refractivity contribution < 1.29 is 0 Å². The van der Waals surface area contributed by atoms with Gasteiger partial charge in [-0.05, 0) is 36.2 Å². The molecule has 3 aromatic rings. The van der Waals surface area contributed by atoms with Gasteiger partial charge in [0.05, 0.1) is 5.52 Å². The molecular formula is C18H22N6. The number of aryl methyl sites for hydroxylation is 2. The normalized spacial score (nSPS) is 16.0. The first kappa shape index (κ1) is 15.1. The molecule has 2 aromatic heterocycles. The van der Waals surface area contributed by atoms with Gasteiger partial charge in [0.15, 0.2) is 0 Å². The lowest BCUT2D eigenvalue weighted by Gasteiger charge is -2.36. The van der Waals surface area contributed by atoms with Gasteiger partial charge < -0.3 is 4.90 Å². The van der Waals surface area contributed by atoms with Gasteiger partial charge in [-0.1, -0.05) is 11.3 Å². The van der Waals surface area contributed by atoms with Crippen molar-refractivity contribution in [3.63, 3.8) is 0 Å². The maximum absolute atomic E-state index is 4.21. The minimum absolute atomic E-state index is 0.968. The van der Waals surface area contributed by atoms with Gasteiger partial charge in [0.2, 0.25) is 0 Å². The summed E-state index contributed by atoms with van der Waals surface area (Å²) in [7, 11) is 1.93. The van der Waals surface area contributed by atoms with Crippen LogP contribution in [0.5, 0.6) is 0 Å².